The van der Waals surface area contributed by atoms with Crippen LogP contribution in [0.2, 0.25) is 0 Å². The number of ether oxygens (including phenoxy) is 1. The van der Waals surface area contributed by atoms with E-state index in [0.29, 0.717) is 16.9 Å². The van der Waals surface area contributed by atoms with Gasteiger partial charge in [-0.15, -0.1) is 0 Å². The molecule has 1 aromatic heterocycles. The van der Waals surface area contributed by atoms with Gasteiger partial charge in [-0.1, -0.05) is 32.0 Å². The van der Waals surface area contributed by atoms with Gasteiger partial charge in [-0.25, -0.2) is 4.98 Å². The molecule has 0 radical (unpaired) electrons. The number of hydrogen-bond donors (Lipinski definition) is 3. The summed E-state index contributed by atoms with van der Waals surface area (Å²) >= 11 is 0. The van der Waals surface area contributed by atoms with E-state index in [1.165, 1.54) is 0 Å². The van der Waals surface area contributed by atoms with Crippen molar-refractivity contribution in [1.82, 2.24) is 10.3 Å². The molecule has 0 saturated carbocycles. The number of rotatable bonds is 6. The Labute approximate surface area is 177 Å². The third-order valence-electron chi connectivity index (χ3n) is 5.04. The summed E-state index contributed by atoms with van der Waals surface area (Å²) < 4.78 is 5.77. The van der Waals surface area contributed by atoms with Crippen LogP contribution in [-0.2, 0) is 9.78 Å². The van der Waals surface area contributed by atoms with Crippen molar-refractivity contribution in [2.45, 2.75) is 19.8 Å². The van der Waals surface area contributed by atoms with Gasteiger partial charge >= 0.3 is 5.97 Å². The molecule has 158 valence electrons. The lowest BCUT2D eigenvalue weighted by Gasteiger charge is -2.24. The Morgan fingerprint density at radius 1 is 1.19 bits per heavy atom. The summed E-state index contributed by atoms with van der Waals surface area (Å²) in [5, 5.41) is 33.3. The van der Waals surface area contributed by atoms with Gasteiger partial charge in [0.2, 0.25) is 0 Å². The Bertz CT molecular complexity index is 1200. The molecule has 1 aliphatic rings. The first-order valence-corrected chi connectivity index (χ1v) is 9.41. The summed E-state index contributed by atoms with van der Waals surface area (Å²) in [6, 6.07) is 15.8. The second-order valence-corrected chi connectivity index (χ2v) is 7.71. The highest BCUT2D eigenvalue weighted by atomic mass is 17.4. The van der Waals surface area contributed by atoms with E-state index >= 15 is 0 Å². The number of amides is 1. The molecule has 3 aromatic rings. The van der Waals surface area contributed by atoms with Crippen molar-refractivity contribution in [3.8, 4) is 23.3 Å². The van der Waals surface area contributed by atoms with Gasteiger partial charge < -0.3 is 20.3 Å². The number of hydrogen-bond acceptors (Lipinski definition) is 8. The maximum absolute atomic E-state index is 12.6. The topological polar surface area (TPSA) is 141 Å². The average Bonchev–Trinajstić information content (AvgIpc) is 3.52. The van der Waals surface area contributed by atoms with Crippen LogP contribution < -0.4 is 10.1 Å². The van der Waals surface area contributed by atoms with Crippen LogP contribution >= 0.6 is 0 Å². The van der Waals surface area contributed by atoms with Crippen LogP contribution in [0, 0.1) is 16.7 Å². The number of nitrogens with zero attached hydrogens (tertiary/aromatic N) is 2. The molecule has 0 unspecified atom stereocenters. The maximum atomic E-state index is 12.6. The Kier molecular flexibility index (Phi) is 4.99. The quantitative estimate of drug-likeness (QED) is 0.408. The standard InChI is InChI=1S/C22H19N3O6/c1-21(2,22(28)30-31-22)12-24-20(27)18-19(26)15-9-8-14(10-16(15)17(11-23)25-18)29-13-6-4-3-5-7-13/h3-10,26,28H,12H2,1-2H3,(H,24,27). The summed E-state index contributed by atoms with van der Waals surface area (Å²) in [6.07, 6.45) is 0. The molecular formula is C22H19N3O6. The minimum Gasteiger partial charge on any atom is -0.505 e. The third kappa shape index (κ3) is 3.87. The second-order valence-electron chi connectivity index (χ2n) is 7.71. The summed E-state index contributed by atoms with van der Waals surface area (Å²) in [5.41, 5.74) is -1.30. The van der Waals surface area contributed by atoms with Crippen molar-refractivity contribution in [2.75, 3.05) is 6.54 Å². The zero-order valence-corrected chi connectivity index (χ0v) is 16.7. The number of nitrogens with one attached hydrogen (secondary N) is 1. The SMILES string of the molecule is CC(C)(CNC(=O)c1nc(C#N)c2cc(Oc3ccccc3)ccc2c1O)C1(O)OO1. The number of para-hydroxylation sites is 1. The van der Waals surface area contributed by atoms with Gasteiger partial charge in [-0.05, 0) is 30.3 Å². The molecule has 4 rings (SSSR count). The van der Waals surface area contributed by atoms with Crippen LogP contribution in [0.1, 0.15) is 30.0 Å². The highest BCUT2D eigenvalue weighted by Crippen LogP contribution is 2.43. The third-order valence-corrected chi connectivity index (χ3v) is 5.04. The smallest absolute Gasteiger partial charge is 0.344 e. The maximum Gasteiger partial charge on any atom is 0.344 e. The zero-order valence-electron chi connectivity index (χ0n) is 16.7. The number of aromatic nitrogens is 1. The van der Waals surface area contributed by atoms with E-state index in [0.717, 1.165) is 0 Å². The van der Waals surface area contributed by atoms with E-state index in [-0.39, 0.29) is 29.1 Å². The Morgan fingerprint density at radius 3 is 2.55 bits per heavy atom. The van der Waals surface area contributed by atoms with Gasteiger partial charge in [0.25, 0.3) is 5.91 Å². The number of pyridine rings is 1. The van der Waals surface area contributed by atoms with Crippen molar-refractivity contribution in [3.63, 3.8) is 0 Å². The van der Waals surface area contributed by atoms with Crippen molar-refractivity contribution in [1.29, 1.82) is 5.26 Å². The molecule has 0 aliphatic carbocycles. The van der Waals surface area contributed by atoms with Crippen molar-refractivity contribution in [3.05, 3.63) is 59.9 Å². The monoisotopic (exact) mass is 421 g/mol. The van der Waals surface area contributed by atoms with Crippen LogP contribution in [-0.4, -0.2) is 33.6 Å². The molecule has 2 heterocycles. The van der Waals surface area contributed by atoms with Crippen LogP contribution in [0.4, 0.5) is 0 Å². The number of fused-ring (bicyclic) bond motifs is 1. The molecule has 31 heavy (non-hydrogen) atoms. The fourth-order valence-corrected chi connectivity index (χ4v) is 2.97. The lowest BCUT2D eigenvalue weighted by atomic mass is 9.91. The first-order valence-electron chi connectivity index (χ1n) is 9.41. The van der Waals surface area contributed by atoms with Gasteiger partial charge in [-0.2, -0.15) is 15.0 Å². The number of nitriles is 1. The van der Waals surface area contributed by atoms with Crippen LogP contribution in [0.3, 0.4) is 0 Å². The molecule has 3 N–H and O–H groups in total. The molecule has 1 aliphatic heterocycles. The van der Waals surface area contributed by atoms with Crippen molar-refractivity contribution < 1.29 is 29.5 Å². The first-order chi connectivity index (χ1) is 14.7. The summed E-state index contributed by atoms with van der Waals surface area (Å²) in [7, 11) is 0. The molecule has 1 saturated heterocycles. The largest absolute Gasteiger partial charge is 0.505 e. The van der Waals surface area contributed by atoms with E-state index < -0.39 is 17.3 Å². The molecule has 9 nitrogen and oxygen atoms in total. The Hall–Kier alpha value is -3.71. The van der Waals surface area contributed by atoms with Gasteiger partial charge in [0, 0.05) is 17.3 Å². The van der Waals surface area contributed by atoms with Gasteiger partial charge in [0.1, 0.15) is 23.3 Å². The van der Waals surface area contributed by atoms with Crippen LogP contribution in [0.5, 0.6) is 17.2 Å². The highest BCUT2D eigenvalue weighted by Gasteiger charge is 2.60. The molecule has 0 bridgehead atoms. The number of aliphatic hydroxyl groups is 1. The van der Waals surface area contributed by atoms with Gasteiger partial charge in [0.05, 0.1) is 5.41 Å². The Morgan fingerprint density at radius 2 is 1.90 bits per heavy atom. The average molecular weight is 421 g/mol. The van der Waals surface area contributed by atoms with E-state index in [9.17, 15) is 20.3 Å². The zero-order chi connectivity index (χ0) is 22.2. The van der Waals surface area contributed by atoms with Crippen molar-refractivity contribution in [2.24, 2.45) is 5.41 Å². The van der Waals surface area contributed by atoms with E-state index in [2.05, 4.69) is 20.1 Å². The predicted molar refractivity (Wildman–Crippen MR) is 108 cm³/mol. The van der Waals surface area contributed by atoms with Gasteiger partial charge in [-0.3, -0.25) is 4.79 Å². The van der Waals surface area contributed by atoms with Crippen LogP contribution in [0.25, 0.3) is 10.8 Å². The molecule has 0 spiro atoms. The summed E-state index contributed by atoms with van der Waals surface area (Å²) in [4.78, 5) is 25.8. The van der Waals surface area contributed by atoms with Crippen molar-refractivity contribution >= 4 is 16.7 Å². The predicted octanol–water partition coefficient (Wildman–Crippen LogP) is 2.97. The first kappa shape index (κ1) is 20.6. The second kappa shape index (κ2) is 7.52. The normalized spacial score (nSPS) is 14.6. The van der Waals surface area contributed by atoms with Gasteiger partial charge in [0.15, 0.2) is 11.4 Å². The van der Waals surface area contributed by atoms with Crippen LogP contribution in [0.15, 0.2) is 48.5 Å². The number of carbonyl (C=O) groups is 1. The minimum absolute atomic E-state index is 0.0345. The summed E-state index contributed by atoms with van der Waals surface area (Å²) in [5.74, 6) is -1.80. The molecular weight excluding hydrogens is 402 g/mol. The fourth-order valence-electron chi connectivity index (χ4n) is 2.97. The minimum atomic E-state index is -1.79. The fraction of sp³-hybridized carbons (Fsp3) is 0.227. The molecule has 0 atom stereocenters. The van der Waals surface area contributed by atoms with E-state index in [1.807, 2.05) is 24.3 Å². The number of benzene rings is 2. The number of carbonyl (C=O) groups excluding carboxylic acids is 1. The highest BCUT2D eigenvalue weighted by molar-refractivity contribution is 6.03. The molecule has 2 aromatic carbocycles. The number of aromatic hydroxyl groups is 1. The van der Waals surface area contributed by atoms with E-state index in [1.54, 1.807) is 44.2 Å². The lowest BCUT2D eigenvalue weighted by molar-refractivity contribution is -0.0744. The van der Waals surface area contributed by atoms with E-state index in [4.69, 9.17) is 4.74 Å². The lowest BCUT2D eigenvalue weighted by Crippen LogP contribution is -2.43. The molecule has 1 amide bonds. The molecule has 9 heteroatoms. The molecule has 1 fully saturated rings. The summed E-state index contributed by atoms with van der Waals surface area (Å²) in [6.45, 7) is 3.22. The Balaban J connectivity index is 1.63.